The Balaban J connectivity index is 1.92. The van der Waals surface area contributed by atoms with Crippen LogP contribution in [0.25, 0.3) is 0 Å². The smallest absolute Gasteiger partial charge is 0.258 e. The van der Waals surface area contributed by atoms with Crippen molar-refractivity contribution in [3.8, 4) is 5.75 Å². The summed E-state index contributed by atoms with van der Waals surface area (Å²) in [6, 6.07) is 13.1. The number of hydrogen-bond donors (Lipinski definition) is 1. The van der Waals surface area contributed by atoms with E-state index in [1.807, 2.05) is 19.1 Å². The summed E-state index contributed by atoms with van der Waals surface area (Å²) in [5, 5.41) is 3.48. The Morgan fingerprint density at radius 2 is 1.64 bits per heavy atom. The van der Waals surface area contributed by atoms with E-state index in [0.717, 1.165) is 5.56 Å². The maximum absolute atomic E-state index is 12.5. The van der Waals surface area contributed by atoms with Crippen molar-refractivity contribution in [3.05, 3.63) is 59.1 Å². The minimum atomic E-state index is -3.51. The summed E-state index contributed by atoms with van der Waals surface area (Å²) in [5.74, 6) is 0.148. The zero-order valence-electron chi connectivity index (χ0n) is 16.2. The molecule has 0 aliphatic heterocycles. The highest BCUT2D eigenvalue weighted by Gasteiger charge is 2.21. The van der Waals surface area contributed by atoms with Crippen molar-refractivity contribution in [1.29, 1.82) is 0 Å². The van der Waals surface area contributed by atoms with Gasteiger partial charge in [0.05, 0.1) is 10.9 Å². The molecule has 0 bridgehead atoms. The van der Waals surface area contributed by atoms with E-state index in [9.17, 15) is 13.2 Å². The summed E-state index contributed by atoms with van der Waals surface area (Å²) in [4.78, 5) is 12.3. The van der Waals surface area contributed by atoms with Crippen molar-refractivity contribution in [2.45, 2.75) is 31.7 Å². The monoisotopic (exact) mass is 424 g/mol. The molecule has 1 atom stereocenters. The number of benzene rings is 2. The molecule has 1 amide bonds. The molecule has 0 saturated carbocycles. The highest BCUT2D eigenvalue weighted by molar-refractivity contribution is 7.89. The van der Waals surface area contributed by atoms with Crippen LogP contribution in [0, 0.1) is 0 Å². The zero-order valence-corrected chi connectivity index (χ0v) is 17.8. The lowest BCUT2D eigenvalue weighted by atomic mass is 10.1. The summed E-state index contributed by atoms with van der Waals surface area (Å²) in [5.41, 5.74) is 0.934. The van der Waals surface area contributed by atoms with Crippen molar-refractivity contribution in [2.75, 3.05) is 19.7 Å². The average molecular weight is 425 g/mol. The molecule has 0 radical (unpaired) electrons. The van der Waals surface area contributed by atoms with E-state index >= 15 is 0 Å². The fourth-order valence-corrected chi connectivity index (χ4v) is 4.27. The number of amides is 1. The van der Waals surface area contributed by atoms with E-state index in [2.05, 4.69) is 5.32 Å². The average Bonchev–Trinajstić information content (AvgIpc) is 2.68. The highest BCUT2D eigenvalue weighted by atomic mass is 35.5. The molecular weight excluding hydrogens is 400 g/mol. The largest absolute Gasteiger partial charge is 0.484 e. The first-order valence-corrected chi connectivity index (χ1v) is 10.9. The topological polar surface area (TPSA) is 75.7 Å². The molecule has 6 nitrogen and oxygen atoms in total. The first kappa shape index (κ1) is 22.2. The summed E-state index contributed by atoms with van der Waals surface area (Å²) < 4.78 is 31.8. The van der Waals surface area contributed by atoms with Crippen LogP contribution in [0.3, 0.4) is 0 Å². The molecule has 2 aromatic rings. The molecular formula is C20H25ClN2O4S. The lowest BCUT2D eigenvalue weighted by Crippen LogP contribution is -2.31. The molecule has 0 aliphatic carbocycles. The predicted molar refractivity (Wildman–Crippen MR) is 110 cm³/mol. The van der Waals surface area contributed by atoms with Crippen LogP contribution >= 0.6 is 11.6 Å². The normalized spacial score (nSPS) is 12.6. The van der Waals surface area contributed by atoms with Crippen LogP contribution in [0.2, 0.25) is 5.02 Å². The third-order valence-corrected chi connectivity index (χ3v) is 6.60. The predicted octanol–water partition coefficient (Wildman–Crippen LogP) is 3.63. The first-order valence-electron chi connectivity index (χ1n) is 9.05. The minimum absolute atomic E-state index is 0.167. The van der Waals surface area contributed by atoms with Crippen LogP contribution in [0.1, 0.15) is 32.4 Å². The Bertz CT molecular complexity index is 879. The zero-order chi connectivity index (χ0) is 20.7. The second kappa shape index (κ2) is 9.91. The van der Waals surface area contributed by atoms with Crippen molar-refractivity contribution in [3.63, 3.8) is 0 Å². The van der Waals surface area contributed by atoms with Crippen LogP contribution in [0.15, 0.2) is 53.4 Å². The maximum Gasteiger partial charge on any atom is 0.258 e. The molecule has 152 valence electrons. The van der Waals surface area contributed by atoms with Crippen molar-refractivity contribution >= 4 is 27.5 Å². The second-order valence-electron chi connectivity index (χ2n) is 6.19. The first-order chi connectivity index (χ1) is 13.3. The Kier molecular flexibility index (Phi) is 7.86. The molecule has 28 heavy (non-hydrogen) atoms. The van der Waals surface area contributed by atoms with Crippen LogP contribution in [0.4, 0.5) is 0 Å². The molecule has 0 aliphatic rings. The molecule has 0 spiro atoms. The van der Waals surface area contributed by atoms with E-state index in [0.29, 0.717) is 23.9 Å². The van der Waals surface area contributed by atoms with Gasteiger partial charge in [0.1, 0.15) is 5.75 Å². The third kappa shape index (κ3) is 5.70. The van der Waals surface area contributed by atoms with Crippen LogP contribution < -0.4 is 10.1 Å². The number of sulfonamides is 1. The number of rotatable bonds is 9. The Hall–Kier alpha value is -2.09. The quantitative estimate of drug-likeness (QED) is 0.667. The molecule has 1 N–H and O–H groups in total. The summed E-state index contributed by atoms with van der Waals surface area (Å²) >= 11 is 5.86. The van der Waals surface area contributed by atoms with Gasteiger partial charge in [0.15, 0.2) is 6.61 Å². The van der Waals surface area contributed by atoms with Crippen molar-refractivity contribution in [2.24, 2.45) is 0 Å². The molecule has 0 aromatic heterocycles. The highest BCUT2D eigenvalue weighted by Crippen LogP contribution is 2.20. The van der Waals surface area contributed by atoms with Crippen molar-refractivity contribution < 1.29 is 17.9 Å². The number of hydrogen-bond acceptors (Lipinski definition) is 4. The maximum atomic E-state index is 12.5. The van der Waals surface area contributed by atoms with Crippen LogP contribution in [-0.2, 0) is 14.8 Å². The Morgan fingerprint density at radius 1 is 1.07 bits per heavy atom. The van der Waals surface area contributed by atoms with Crippen LogP contribution in [-0.4, -0.2) is 38.3 Å². The summed E-state index contributed by atoms with van der Waals surface area (Å²) in [6.07, 6.45) is 0. The van der Waals surface area contributed by atoms with Gasteiger partial charge in [-0.2, -0.15) is 4.31 Å². The Labute approximate surface area is 171 Å². The van der Waals surface area contributed by atoms with E-state index in [1.165, 1.54) is 16.4 Å². The summed E-state index contributed by atoms with van der Waals surface area (Å²) in [7, 11) is -3.51. The standard InChI is InChI=1S/C20H25ClN2O4S/c1-4-23(5-2)28(25,26)19-12-10-18(11-13-19)27-14-20(24)22-15(3)16-6-8-17(21)9-7-16/h6-13,15H,4-5,14H2,1-3H3,(H,22,24)/t15-/m1/s1. The molecule has 2 aromatic carbocycles. The van der Waals surface area contributed by atoms with Gasteiger partial charge in [-0.05, 0) is 48.9 Å². The second-order valence-corrected chi connectivity index (χ2v) is 8.56. The van der Waals surface area contributed by atoms with Gasteiger partial charge in [-0.1, -0.05) is 37.6 Å². The molecule has 0 saturated heterocycles. The number of nitrogens with one attached hydrogen (secondary N) is 1. The number of nitrogens with zero attached hydrogens (tertiary/aromatic N) is 1. The van der Waals surface area contributed by atoms with E-state index in [1.54, 1.807) is 38.1 Å². The van der Waals surface area contributed by atoms with E-state index in [4.69, 9.17) is 16.3 Å². The summed E-state index contributed by atoms with van der Waals surface area (Å²) in [6.45, 7) is 6.10. The lowest BCUT2D eigenvalue weighted by Gasteiger charge is -2.18. The molecule has 0 fully saturated rings. The molecule has 0 unspecified atom stereocenters. The fourth-order valence-electron chi connectivity index (χ4n) is 2.69. The van der Waals surface area contributed by atoms with Crippen LogP contribution in [0.5, 0.6) is 5.75 Å². The lowest BCUT2D eigenvalue weighted by molar-refractivity contribution is -0.123. The van der Waals surface area contributed by atoms with E-state index < -0.39 is 10.0 Å². The number of halogens is 1. The van der Waals surface area contributed by atoms with Gasteiger partial charge < -0.3 is 10.1 Å². The number of carbonyl (C=O) groups excluding carboxylic acids is 1. The van der Waals surface area contributed by atoms with Gasteiger partial charge >= 0.3 is 0 Å². The van der Waals surface area contributed by atoms with Gasteiger partial charge in [-0.25, -0.2) is 8.42 Å². The third-order valence-electron chi connectivity index (χ3n) is 4.28. The van der Waals surface area contributed by atoms with Gasteiger partial charge in [0.2, 0.25) is 10.0 Å². The van der Waals surface area contributed by atoms with Gasteiger partial charge in [0, 0.05) is 18.1 Å². The molecule has 0 heterocycles. The number of carbonyl (C=O) groups is 1. The van der Waals surface area contributed by atoms with Gasteiger partial charge in [0.25, 0.3) is 5.91 Å². The van der Waals surface area contributed by atoms with Crippen molar-refractivity contribution in [1.82, 2.24) is 9.62 Å². The van der Waals surface area contributed by atoms with E-state index in [-0.39, 0.29) is 23.5 Å². The van der Waals surface area contributed by atoms with Gasteiger partial charge in [-0.3, -0.25) is 4.79 Å². The van der Waals surface area contributed by atoms with Gasteiger partial charge in [-0.15, -0.1) is 0 Å². The number of ether oxygens (including phenoxy) is 1. The molecule has 2 rings (SSSR count). The molecule has 8 heteroatoms. The minimum Gasteiger partial charge on any atom is -0.484 e. The Morgan fingerprint density at radius 3 is 2.18 bits per heavy atom. The SMILES string of the molecule is CCN(CC)S(=O)(=O)c1ccc(OCC(=O)N[C@H](C)c2ccc(Cl)cc2)cc1. The fraction of sp³-hybridized carbons (Fsp3) is 0.350.